The molecule has 466 valence electrons. The van der Waals surface area contributed by atoms with E-state index in [1.165, 1.54) is 28.1 Å². The number of aliphatic hydroxyl groups excluding tert-OH is 1. The van der Waals surface area contributed by atoms with Crippen molar-refractivity contribution < 1.29 is 100 Å². The number of benzene rings is 2. The smallest absolute Gasteiger partial charge is 0.375 e. The van der Waals surface area contributed by atoms with Crippen molar-refractivity contribution >= 4 is 82.1 Å². The number of aliphatic hydroxyl groups is 1. The Labute approximate surface area is 516 Å². The highest BCUT2D eigenvalue weighted by Gasteiger charge is 2.65. The van der Waals surface area contributed by atoms with Crippen LogP contribution in [-0.2, 0) is 66.9 Å². The van der Waals surface area contributed by atoms with Crippen molar-refractivity contribution in [2.45, 2.75) is 125 Å². The molecule has 4 fully saturated rings. The van der Waals surface area contributed by atoms with Crippen molar-refractivity contribution in [2.24, 2.45) is 0 Å². The lowest BCUT2D eigenvalue weighted by Gasteiger charge is -2.62. The summed E-state index contributed by atoms with van der Waals surface area (Å²) in [5.41, 5.74) is 4.68. The Kier molecular flexibility index (Phi) is 14.8. The van der Waals surface area contributed by atoms with Crippen molar-refractivity contribution in [2.75, 3.05) is 66.6 Å². The molecule has 2 aromatic carbocycles. The summed E-state index contributed by atoms with van der Waals surface area (Å²) in [7, 11) is 6.29. The summed E-state index contributed by atoms with van der Waals surface area (Å²) in [5, 5.41) is 21.4. The van der Waals surface area contributed by atoms with Crippen LogP contribution in [0.5, 0.6) is 34.5 Å². The minimum Gasteiger partial charge on any atom is -0.492 e. The summed E-state index contributed by atoms with van der Waals surface area (Å²) in [6.07, 6.45) is -0.952. The first-order chi connectivity index (χ1) is 42.5. The molecule has 0 amide bonds. The zero-order valence-electron chi connectivity index (χ0n) is 49.7. The number of fused-ring (bicyclic) bond motifs is 16. The van der Waals surface area contributed by atoms with Gasteiger partial charge in [0.2, 0.25) is 36.7 Å². The first-order valence-electron chi connectivity index (χ1n) is 28.6. The van der Waals surface area contributed by atoms with Gasteiger partial charge in [-0.05, 0) is 54.6 Å². The number of esters is 4. The van der Waals surface area contributed by atoms with E-state index in [0.717, 1.165) is 23.5 Å². The minimum atomic E-state index is -1.20. The second-order valence-electron chi connectivity index (χ2n) is 23.5. The van der Waals surface area contributed by atoms with E-state index in [1.54, 1.807) is 39.6 Å². The highest BCUT2D eigenvalue weighted by Crippen LogP contribution is 2.64. The van der Waals surface area contributed by atoms with Gasteiger partial charge in [0, 0.05) is 98.8 Å². The minimum absolute atomic E-state index is 0.0402. The normalized spacial score (nSPS) is 31.1. The van der Waals surface area contributed by atoms with Crippen molar-refractivity contribution in [1.29, 1.82) is 5.26 Å². The molecule has 12 aliphatic rings. The third-order valence-corrected chi connectivity index (χ3v) is 21.8. The quantitative estimate of drug-likeness (QED) is 0.199. The third-order valence-electron chi connectivity index (χ3n) is 19.2. The molecule has 6 unspecified atom stereocenters. The number of rotatable bonds is 4. The van der Waals surface area contributed by atoms with Gasteiger partial charge in [0.15, 0.2) is 46.1 Å². The van der Waals surface area contributed by atoms with Crippen molar-refractivity contribution in [3.8, 4) is 40.6 Å². The third kappa shape index (κ3) is 8.62. The van der Waals surface area contributed by atoms with E-state index >= 15 is 0 Å². The van der Waals surface area contributed by atoms with Crippen LogP contribution in [0, 0.1) is 25.2 Å². The summed E-state index contributed by atoms with van der Waals surface area (Å²) >= 11 is 2.23. The molecule has 12 atom stereocenters. The Bertz CT molecular complexity index is 3880. The van der Waals surface area contributed by atoms with Gasteiger partial charge in [-0.1, -0.05) is 0 Å². The zero-order chi connectivity index (χ0) is 63.4. The van der Waals surface area contributed by atoms with Crippen molar-refractivity contribution in [3.05, 3.63) is 78.3 Å². The first kappa shape index (κ1) is 60.0. The number of allylic oxidation sites excluding steroid dienone is 4. The Morgan fingerprint density at radius 3 is 1.40 bits per heavy atom. The predicted molar refractivity (Wildman–Crippen MR) is 305 cm³/mol. The van der Waals surface area contributed by atoms with Gasteiger partial charge in [-0.3, -0.25) is 58.0 Å². The van der Waals surface area contributed by atoms with Gasteiger partial charge in [-0.15, -0.1) is 23.5 Å². The molecule has 28 heteroatoms. The summed E-state index contributed by atoms with van der Waals surface area (Å²) < 4.78 is 57.2. The van der Waals surface area contributed by atoms with E-state index in [1.807, 2.05) is 21.7 Å². The average molecular weight is 1260 g/mol. The maximum absolute atomic E-state index is 14.1. The number of cyclic esters (lactones) is 2. The van der Waals surface area contributed by atoms with E-state index in [4.69, 9.17) is 47.4 Å². The number of ether oxygens (including phenoxy) is 10. The molecule has 0 aromatic heterocycles. The maximum atomic E-state index is 14.1. The molecule has 2 aromatic rings. The number of hydrogen-bond donors (Lipinski definition) is 1. The lowest BCUT2D eigenvalue weighted by molar-refractivity contribution is -0.179. The summed E-state index contributed by atoms with van der Waals surface area (Å²) in [5.74, 6) is -4.92. The molecule has 10 heterocycles. The van der Waals surface area contributed by atoms with Crippen molar-refractivity contribution in [3.63, 3.8) is 0 Å². The highest BCUT2D eigenvalue weighted by molar-refractivity contribution is 8.00. The van der Waals surface area contributed by atoms with Gasteiger partial charge in [0.25, 0.3) is 0 Å². The molecule has 0 saturated carbocycles. The van der Waals surface area contributed by atoms with E-state index in [0.29, 0.717) is 67.5 Å². The second-order valence-corrected chi connectivity index (χ2v) is 25.7. The summed E-state index contributed by atoms with van der Waals surface area (Å²) in [6, 6.07) is -4.25. The molecule has 14 rings (SSSR count). The zero-order valence-corrected chi connectivity index (χ0v) is 51.4. The summed E-state index contributed by atoms with van der Waals surface area (Å²) in [4.78, 5) is 139. The van der Waals surface area contributed by atoms with Crippen molar-refractivity contribution in [1.82, 2.24) is 19.6 Å². The van der Waals surface area contributed by atoms with Gasteiger partial charge in [0.05, 0.1) is 72.5 Å². The average Bonchev–Trinajstić information content (AvgIpc) is 1.29. The molecule has 4 saturated heterocycles. The van der Waals surface area contributed by atoms with Crippen LogP contribution in [0.4, 0.5) is 0 Å². The van der Waals surface area contributed by atoms with Crippen LogP contribution in [0.1, 0.15) is 96.5 Å². The summed E-state index contributed by atoms with van der Waals surface area (Å²) in [6.45, 7) is 8.23. The van der Waals surface area contributed by atoms with E-state index in [2.05, 4.69) is 6.07 Å². The molecular weight excluding hydrogens is 1200 g/mol. The molecule has 0 spiro atoms. The van der Waals surface area contributed by atoms with Gasteiger partial charge >= 0.3 is 23.9 Å². The number of nitrogens with zero attached hydrogens (tertiary/aromatic N) is 5. The highest BCUT2D eigenvalue weighted by atomic mass is 32.2. The second kappa shape index (κ2) is 21.9. The Balaban J connectivity index is 0.000000164. The monoisotopic (exact) mass is 1260 g/mol. The lowest BCUT2D eigenvalue weighted by Crippen LogP contribution is -2.73. The number of methoxy groups -OCH3 is 2. The number of Topliss-reactive ketones (excluding diaryl/α,β-unsaturated/α-hetero) is 6. The predicted octanol–water partition coefficient (Wildman–Crippen LogP) is 2.67. The molecular formula is C61H59N5O21S2. The number of carbonyl (C=O) groups excluding carboxylic acids is 10. The van der Waals surface area contributed by atoms with E-state index in [-0.39, 0.29) is 108 Å². The topological polar surface area (TPSA) is 320 Å². The number of thioether (sulfide) groups is 2. The number of likely N-dealkylation sites (N-methyl/N-ethyl adjacent to an activating group) is 2. The molecule has 8 bridgehead atoms. The fourth-order valence-electron chi connectivity index (χ4n) is 15.6. The molecule has 10 aliphatic heterocycles. The fourth-order valence-corrected chi connectivity index (χ4v) is 18.3. The van der Waals surface area contributed by atoms with Crippen LogP contribution < -0.4 is 28.4 Å². The molecule has 26 nitrogen and oxygen atoms in total. The van der Waals surface area contributed by atoms with Gasteiger partial charge in [-0.25, -0.2) is 9.59 Å². The SMILES string of the molecule is COC1=C(C)C(=O)C2=C(C1=O)C1C3[C@@H]4SCC(=O)C(=O)OC[C@@H](c5c6c(c(C)c(OC(C)=O)c54)OCO6)N3[C@@H](C#N)C(C2)N1C.COC1=C(C)C(=O)C2=C(C1=O)C1C3[C@@H]4SCC(=O)C(=O)OC[C@@H](c5c6c(c(C)c(OC(C)=O)c54)OCO6)N3[C@@H](O)C(C2)N1C. The molecule has 89 heavy (non-hydrogen) atoms. The fraction of sp³-hybridized carbons (Fsp3) is 0.492. The van der Waals surface area contributed by atoms with Crippen LogP contribution in [0.3, 0.4) is 0 Å². The lowest BCUT2D eigenvalue weighted by atomic mass is 9.68. The number of ketones is 6. The Morgan fingerprint density at radius 2 is 0.978 bits per heavy atom. The maximum Gasteiger partial charge on any atom is 0.375 e. The van der Waals surface area contributed by atoms with E-state index < -0.39 is 118 Å². The van der Waals surface area contributed by atoms with Crippen LogP contribution in [0.25, 0.3) is 0 Å². The molecule has 1 N–H and O–H groups in total. The van der Waals surface area contributed by atoms with Gasteiger partial charge in [0.1, 0.15) is 37.0 Å². The number of piperazine rings is 2. The number of hydrogen-bond acceptors (Lipinski definition) is 28. The largest absolute Gasteiger partial charge is 0.492 e. The molecule has 2 aliphatic carbocycles. The Morgan fingerprint density at radius 1 is 0.573 bits per heavy atom. The van der Waals surface area contributed by atoms with Crippen LogP contribution in [0.15, 0.2) is 45.0 Å². The van der Waals surface area contributed by atoms with Crippen LogP contribution >= 0.6 is 23.5 Å². The first-order valence-corrected chi connectivity index (χ1v) is 30.7. The van der Waals surface area contributed by atoms with Crippen LogP contribution in [-0.4, -0.2) is 198 Å². The van der Waals surface area contributed by atoms with Crippen LogP contribution in [0.2, 0.25) is 0 Å². The Hall–Kier alpha value is -7.91. The van der Waals surface area contributed by atoms with E-state index in [9.17, 15) is 58.3 Å². The number of carbonyl (C=O) groups is 10. The molecule has 0 radical (unpaired) electrons. The number of nitriles is 1. The van der Waals surface area contributed by atoms with Gasteiger partial charge in [-0.2, -0.15) is 5.26 Å². The van der Waals surface area contributed by atoms with Gasteiger partial charge < -0.3 is 52.5 Å². The standard InChI is InChI=1S/C31H29N3O10S.C30H30N2O11S/c1-11-24(37)14-6-15-16(7-32)34-17-8-41-31(39)18(36)9-45-30(23(34)22(33(15)4)19(14)25(38)27(11)40-5)21-20(17)29-28(42-10-43-29)12(2)26(21)44-13(3)35;1-10-22(35)13-6-14-29(37)32-15-7-40-30(38)16(34)8-44-28(21(32)20(31(14)4)17(13)23(36)25(10)39-5)19-18(15)27-26(41-9-42-27)11(2)24(19)43-12(3)33/h15-17,22-23,30H,6,8-10H2,1-5H3;14-15,20-21,28-29,37H,6-9H2,1-5H3/t15?,16-,17-,22?,23?,30+;14?,15-,20?,21?,28+,29-/m00/s1.